The number of nitrogens with one attached hydrogen (secondary N) is 6. The van der Waals surface area contributed by atoms with Gasteiger partial charge >= 0.3 is 0 Å². The molecule has 6 aromatic rings. The van der Waals surface area contributed by atoms with Crippen LogP contribution in [0.3, 0.4) is 0 Å². The van der Waals surface area contributed by atoms with E-state index in [2.05, 4.69) is 31.9 Å². The summed E-state index contributed by atoms with van der Waals surface area (Å²) in [5.74, 6) is -2.39. The molecule has 0 aliphatic carbocycles. The second-order valence-corrected chi connectivity index (χ2v) is 19.5. The van der Waals surface area contributed by atoms with E-state index in [1.165, 1.54) is 36.4 Å². The molecule has 19 heteroatoms. The molecule has 18 nitrogen and oxygen atoms in total. The first-order chi connectivity index (χ1) is 38.2. The lowest BCUT2D eigenvalue weighted by Crippen LogP contribution is -2.44. The fraction of sp³-hybridized carbons (Fsp3) is 0.311. The number of halogens is 1. The maximum Gasteiger partial charge on any atom is 0.246 e. The first-order valence-electron chi connectivity index (χ1n) is 26.7. The van der Waals surface area contributed by atoms with Crippen LogP contribution in [0.1, 0.15) is 97.1 Å². The Hall–Kier alpha value is -8.29. The normalized spacial score (nSPS) is 12.0. The minimum absolute atomic E-state index is 0. The molecule has 6 amide bonds. The molecule has 0 heterocycles. The molecule has 0 unspecified atom stereocenters. The molecule has 6 rings (SSSR count). The summed E-state index contributed by atoms with van der Waals surface area (Å²) in [5, 5.41) is 46.5. The van der Waals surface area contributed by atoms with Gasteiger partial charge in [-0.25, -0.2) is 0 Å². The number of carbonyl (C=O) groups is 6. The number of rotatable bonds is 30. The lowest BCUT2D eigenvalue weighted by atomic mass is 9.85. The van der Waals surface area contributed by atoms with Crippen molar-refractivity contribution in [3.63, 3.8) is 0 Å². The minimum Gasteiger partial charge on any atom is -0.508 e. The van der Waals surface area contributed by atoms with Crippen LogP contribution in [0.15, 0.2) is 146 Å². The van der Waals surface area contributed by atoms with Crippen molar-refractivity contribution in [3.05, 3.63) is 179 Å². The molecule has 0 radical (unpaired) electrons. The van der Waals surface area contributed by atoms with Crippen LogP contribution in [0.5, 0.6) is 17.2 Å². The van der Waals surface area contributed by atoms with Crippen LogP contribution < -0.4 is 49.1 Å². The largest absolute Gasteiger partial charge is 0.508 e. The fourth-order valence-corrected chi connectivity index (χ4v) is 8.96. The molecule has 0 spiro atoms. The quantitative estimate of drug-likeness (QED) is 0.0164. The highest BCUT2D eigenvalue weighted by atomic mass is 35.5. The Balaban J connectivity index is 0.0000118. The Morgan fingerprint density at radius 1 is 0.350 bits per heavy atom. The Morgan fingerprint density at radius 3 is 0.812 bits per heavy atom. The predicted molar refractivity (Wildman–Crippen MR) is 313 cm³/mol. The van der Waals surface area contributed by atoms with Gasteiger partial charge in [-0.3, -0.25) is 28.8 Å². The van der Waals surface area contributed by atoms with E-state index in [4.69, 9.17) is 17.2 Å². The van der Waals surface area contributed by atoms with E-state index in [-0.39, 0.29) is 66.6 Å². The molecule has 80 heavy (non-hydrogen) atoms. The second kappa shape index (κ2) is 32.6. The van der Waals surface area contributed by atoms with Crippen LogP contribution in [0.25, 0.3) is 0 Å². The van der Waals surface area contributed by atoms with Crippen molar-refractivity contribution < 1.29 is 44.1 Å². The number of anilines is 3. The van der Waals surface area contributed by atoms with E-state index in [0.29, 0.717) is 111 Å². The van der Waals surface area contributed by atoms with E-state index in [0.717, 1.165) is 16.7 Å². The number of aromatic hydroxyl groups is 3. The molecule has 424 valence electrons. The summed E-state index contributed by atoms with van der Waals surface area (Å²) < 4.78 is 0. The number of nitrogens with two attached hydrogens (primary N) is 3. The van der Waals surface area contributed by atoms with Gasteiger partial charge in [0.2, 0.25) is 35.4 Å². The van der Waals surface area contributed by atoms with Crippen molar-refractivity contribution >= 4 is 64.9 Å². The third-order valence-electron chi connectivity index (χ3n) is 13.2. The summed E-state index contributed by atoms with van der Waals surface area (Å²) in [4.78, 5) is 80.8. The lowest BCUT2D eigenvalue weighted by Gasteiger charge is -2.22. The number of unbranched alkanes of at least 4 members (excludes halogenated alkanes) is 3. The van der Waals surface area contributed by atoms with Gasteiger partial charge < -0.3 is 64.4 Å². The Labute approximate surface area is 473 Å². The molecule has 6 aromatic carbocycles. The van der Waals surface area contributed by atoms with Crippen molar-refractivity contribution in [2.24, 2.45) is 17.2 Å². The van der Waals surface area contributed by atoms with Crippen LogP contribution in [0.4, 0.5) is 17.1 Å². The molecular weight excluding hydrogens is 1040 g/mol. The zero-order valence-corrected chi connectivity index (χ0v) is 45.5. The summed E-state index contributed by atoms with van der Waals surface area (Å²) in [6, 6.07) is 38.3. The molecule has 0 bridgehead atoms. The average molecular weight is 1110 g/mol. The smallest absolute Gasteiger partial charge is 0.246 e. The SMILES string of the molecule is Cl.NCCCC[C@H](NC(=O)Cc1ccc(O)cc1)C(=O)Nc1ccc(C(c2ccc(NC(=O)[C@H](CCCCN)NC(=O)Cc3ccc(O)cc3)cc2)c2ccc(NC(=O)[C@H](CCCCN)NC(=O)Cc3ccc(O)cc3)cc2)cc1. The fourth-order valence-electron chi connectivity index (χ4n) is 8.96. The number of benzene rings is 6. The van der Waals surface area contributed by atoms with E-state index in [1.807, 2.05) is 36.4 Å². The van der Waals surface area contributed by atoms with Gasteiger partial charge in [-0.1, -0.05) is 72.8 Å². The summed E-state index contributed by atoms with van der Waals surface area (Å²) in [6.07, 6.45) is 5.01. The van der Waals surface area contributed by atoms with E-state index < -0.39 is 41.8 Å². The van der Waals surface area contributed by atoms with Crippen molar-refractivity contribution in [1.82, 2.24) is 16.0 Å². The minimum atomic E-state index is -0.840. The Morgan fingerprint density at radius 2 is 0.588 bits per heavy atom. The van der Waals surface area contributed by atoms with Crippen molar-refractivity contribution in [2.75, 3.05) is 35.6 Å². The van der Waals surface area contributed by atoms with E-state index >= 15 is 0 Å². The summed E-state index contributed by atoms with van der Waals surface area (Å²) in [6.45, 7) is 1.31. The summed E-state index contributed by atoms with van der Waals surface area (Å²) in [5.41, 5.74) is 23.3. The first kappa shape index (κ1) is 62.6. The summed E-state index contributed by atoms with van der Waals surface area (Å²) >= 11 is 0. The highest BCUT2D eigenvalue weighted by Gasteiger charge is 2.25. The molecular formula is C61H74ClN9O9. The van der Waals surface area contributed by atoms with E-state index in [1.54, 1.807) is 72.8 Å². The molecule has 0 aliphatic heterocycles. The van der Waals surface area contributed by atoms with Crippen molar-refractivity contribution in [3.8, 4) is 17.2 Å². The van der Waals surface area contributed by atoms with Crippen LogP contribution in [0.2, 0.25) is 0 Å². The third kappa shape index (κ3) is 20.5. The van der Waals surface area contributed by atoms with Crippen LogP contribution >= 0.6 is 12.4 Å². The van der Waals surface area contributed by atoms with Crippen LogP contribution in [-0.2, 0) is 48.0 Å². The average Bonchev–Trinajstić information content (AvgIpc) is 3.45. The van der Waals surface area contributed by atoms with Gasteiger partial charge in [0.25, 0.3) is 0 Å². The molecule has 0 fully saturated rings. The van der Waals surface area contributed by atoms with Crippen LogP contribution in [0, 0.1) is 0 Å². The number of amides is 6. The third-order valence-corrected chi connectivity index (χ3v) is 13.2. The number of hydrogen-bond donors (Lipinski definition) is 12. The Bertz CT molecular complexity index is 2590. The number of carbonyl (C=O) groups excluding carboxylic acids is 6. The Kier molecular flexibility index (Phi) is 25.5. The van der Waals surface area contributed by atoms with Gasteiger partial charge in [0.05, 0.1) is 19.3 Å². The first-order valence-corrected chi connectivity index (χ1v) is 26.7. The van der Waals surface area contributed by atoms with E-state index in [9.17, 15) is 44.1 Å². The van der Waals surface area contributed by atoms with Gasteiger partial charge in [0.1, 0.15) is 35.4 Å². The van der Waals surface area contributed by atoms with Gasteiger partial charge in [-0.05, 0) is 184 Å². The molecule has 0 saturated heterocycles. The highest BCUT2D eigenvalue weighted by Crippen LogP contribution is 2.34. The van der Waals surface area contributed by atoms with Crippen LogP contribution in [-0.4, -0.2) is 88.5 Å². The summed E-state index contributed by atoms with van der Waals surface area (Å²) in [7, 11) is 0. The number of phenols is 3. The molecule has 0 saturated carbocycles. The predicted octanol–water partition coefficient (Wildman–Crippen LogP) is 6.79. The van der Waals surface area contributed by atoms with Gasteiger partial charge in [0, 0.05) is 23.0 Å². The van der Waals surface area contributed by atoms with Crippen molar-refractivity contribution in [2.45, 2.75) is 101 Å². The second-order valence-electron chi connectivity index (χ2n) is 19.5. The molecule has 0 aromatic heterocycles. The molecule has 15 N–H and O–H groups in total. The maximum atomic E-state index is 13.8. The topological polar surface area (TPSA) is 313 Å². The lowest BCUT2D eigenvalue weighted by molar-refractivity contribution is -0.126. The van der Waals surface area contributed by atoms with Gasteiger partial charge in [0.15, 0.2) is 0 Å². The highest BCUT2D eigenvalue weighted by molar-refractivity contribution is 5.99. The maximum absolute atomic E-state index is 13.8. The standard InChI is InChI=1S/C61H73N9O9.ClH/c62-34-4-1-7-52(68-55(74)37-40-10-28-49(71)29-11-40)59(77)65-46-22-16-43(17-23-46)58(44-18-24-47(25-19-44)66-60(78)53(8-2-5-35-63)69-56(75)38-41-12-30-50(72)31-13-41)45-20-26-48(27-21-45)67-61(79)54(9-3-6-36-64)70-57(76)39-42-14-32-51(73)33-15-42;/h10-33,52-54,58,71-73H,1-9,34-39,62-64H2,(H,65,77)(H,66,78)(H,67,79)(H,68,74)(H,69,75)(H,70,76);1H/t52-,53-,54-;/m0./s1. The zero-order chi connectivity index (χ0) is 56.5. The molecule has 0 aliphatic rings. The van der Waals surface area contributed by atoms with Gasteiger partial charge in [-0.2, -0.15) is 0 Å². The molecule has 3 atom stereocenters. The van der Waals surface area contributed by atoms with Gasteiger partial charge in [-0.15, -0.1) is 12.4 Å². The number of hydrogen-bond acceptors (Lipinski definition) is 12. The number of phenolic OH excluding ortho intramolecular Hbond substituents is 3. The van der Waals surface area contributed by atoms with Crippen molar-refractivity contribution in [1.29, 1.82) is 0 Å². The monoisotopic (exact) mass is 1110 g/mol. The zero-order valence-electron chi connectivity index (χ0n) is 44.7.